The van der Waals surface area contributed by atoms with Crippen molar-refractivity contribution in [1.29, 1.82) is 0 Å². The van der Waals surface area contributed by atoms with Gasteiger partial charge in [-0.25, -0.2) is 9.59 Å². The second-order valence-corrected chi connectivity index (χ2v) is 5.07. The fourth-order valence-corrected chi connectivity index (χ4v) is 2.12. The number of hydrogen-bond acceptors (Lipinski definition) is 3. The molecule has 6 heteroatoms. The van der Waals surface area contributed by atoms with Gasteiger partial charge >= 0.3 is 11.9 Å². The van der Waals surface area contributed by atoms with Crippen LogP contribution in [-0.4, -0.2) is 50.5 Å². The molecule has 0 fully saturated rings. The molecule has 2 radical (unpaired) electrons. The van der Waals surface area contributed by atoms with Gasteiger partial charge in [0.25, 0.3) is 0 Å². The van der Waals surface area contributed by atoms with Crippen LogP contribution in [0.3, 0.4) is 0 Å². The van der Waals surface area contributed by atoms with E-state index in [4.69, 9.17) is 10.2 Å². The molecule has 16 heavy (non-hydrogen) atoms. The Kier molecular flexibility index (Phi) is 3.81. The standard InChI is InChI=1S/C10H11NO4Si/c1-11(2)16-6-3-4-7(9(12)13)8(5-6)10(14)15/h3-5H,1-2H3,(H,12,13)(H,14,15). The van der Waals surface area contributed by atoms with Crippen LogP contribution in [-0.2, 0) is 0 Å². The maximum Gasteiger partial charge on any atom is 0.336 e. The van der Waals surface area contributed by atoms with E-state index in [0.717, 1.165) is 5.19 Å². The highest BCUT2D eigenvalue weighted by Gasteiger charge is 2.16. The zero-order valence-corrected chi connectivity index (χ0v) is 9.89. The van der Waals surface area contributed by atoms with Crippen LogP contribution in [0.25, 0.3) is 0 Å². The van der Waals surface area contributed by atoms with Gasteiger partial charge in [-0.3, -0.25) is 0 Å². The van der Waals surface area contributed by atoms with Crippen LogP contribution in [0.2, 0.25) is 0 Å². The van der Waals surface area contributed by atoms with E-state index in [0.29, 0.717) is 9.68 Å². The van der Waals surface area contributed by atoms with Crippen molar-refractivity contribution in [2.24, 2.45) is 0 Å². The van der Waals surface area contributed by atoms with Crippen LogP contribution in [0.4, 0.5) is 0 Å². The van der Waals surface area contributed by atoms with E-state index in [1.165, 1.54) is 12.1 Å². The first-order valence-corrected chi connectivity index (χ1v) is 5.41. The summed E-state index contributed by atoms with van der Waals surface area (Å²) in [4.78, 5) is 21.7. The van der Waals surface area contributed by atoms with Gasteiger partial charge in [0.05, 0.1) is 11.1 Å². The number of rotatable bonds is 4. The van der Waals surface area contributed by atoms with Crippen molar-refractivity contribution in [2.45, 2.75) is 0 Å². The maximum absolute atomic E-state index is 10.9. The number of carboxylic acids is 2. The Morgan fingerprint density at radius 3 is 2.12 bits per heavy atom. The van der Waals surface area contributed by atoms with Crippen molar-refractivity contribution in [1.82, 2.24) is 4.57 Å². The van der Waals surface area contributed by atoms with Crippen molar-refractivity contribution >= 4 is 26.8 Å². The first-order chi connectivity index (χ1) is 7.41. The normalized spacial score (nSPS) is 10.4. The topological polar surface area (TPSA) is 77.8 Å². The third kappa shape index (κ3) is 2.91. The minimum absolute atomic E-state index is 0.167. The Morgan fingerprint density at radius 2 is 1.69 bits per heavy atom. The number of carbonyl (C=O) groups is 2. The quantitative estimate of drug-likeness (QED) is 0.714. The van der Waals surface area contributed by atoms with Gasteiger partial charge in [0.1, 0.15) is 0 Å². The van der Waals surface area contributed by atoms with Crippen LogP contribution in [0.5, 0.6) is 0 Å². The second-order valence-electron chi connectivity index (χ2n) is 3.38. The van der Waals surface area contributed by atoms with E-state index in [1.807, 2.05) is 18.7 Å². The van der Waals surface area contributed by atoms with E-state index in [1.54, 1.807) is 6.07 Å². The van der Waals surface area contributed by atoms with Gasteiger partial charge in [0.2, 0.25) is 0 Å². The summed E-state index contributed by atoms with van der Waals surface area (Å²) >= 11 is 0. The summed E-state index contributed by atoms with van der Waals surface area (Å²) in [5, 5.41) is 18.5. The molecule has 2 N–H and O–H groups in total. The molecular formula is C10H11NO4Si. The molecule has 0 saturated heterocycles. The first kappa shape index (κ1) is 12.4. The van der Waals surface area contributed by atoms with Crippen molar-refractivity contribution in [3.8, 4) is 0 Å². The number of aromatic carboxylic acids is 2. The lowest BCUT2D eigenvalue weighted by atomic mass is 10.1. The second kappa shape index (κ2) is 4.91. The Balaban J connectivity index is 3.17. The summed E-state index contributed by atoms with van der Waals surface area (Å²) in [7, 11) is 4.05. The van der Waals surface area contributed by atoms with Crippen LogP contribution in [0, 0.1) is 0 Å². The molecule has 0 aliphatic rings. The van der Waals surface area contributed by atoms with E-state index in [2.05, 4.69) is 0 Å². The molecule has 1 aromatic carbocycles. The highest BCUT2D eigenvalue weighted by atomic mass is 28.2. The third-order valence-corrected chi connectivity index (χ3v) is 2.85. The Hall–Kier alpha value is -1.66. The summed E-state index contributed by atoms with van der Waals surface area (Å²) in [6.07, 6.45) is 0. The molecule has 0 aliphatic carbocycles. The fourth-order valence-electron chi connectivity index (χ4n) is 1.24. The van der Waals surface area contributed by atoms with Crippen LogP contribution >= 0.6 is 0 Å². The average molecular weight is 237 g/mol. The summed E-state index contributed by atoms with van der Waals surface area (Å²) in [6.45, 7) is 0. The van der Waals surface area contributed by atoms with Crippen molar-refractivity contribution in [3.63, 3.8) is 0 Å². The molecule has 0 heterocycles. The first-order valence-electron chi connectivity index (χ1n) is 4.46. The Bertz CT molecular complexity index is 431. The molecule has 0 atom stereocenters. The van der Waals surface area contributed by atoms with Gasteiger partial charge in [-0.05, 0) is 31.4 Å². The molecule has 0 saturated carbocycles. The molecule has 5 nitrogen and oxygen atoms in total. The molecular weight excluding hydrogens is 226 g/mol. The van der Waals surface area contributed by atoms with Gasteiger partial charge in [-0.2, -0.15) is 0 Å². The SMILES string of the molecule is CN(C)[Si]c1ccc(C(=O)O)c(C(=O)O)c1. The molecule has 1 rings (SSSR count). The molecule has 0 aliphatic heterocycles. The summed E-state index contributed by atoms with van der Waals surface area (Å²) in [5.41, 5.74) is -0.348. The summed E-state index contributed by atoms with van der Waals surface area (Å²) < 4.78 is 1.90. The molecule has 0 aromatic heterocycles. The lowest BCUT2D eigenvalue weighted by Gasteiger charge is -2.09. The minimum Gasteiger partial charge on any atom is -0.478 e. The predicted octanol–water partition coefficient (Wildman–Crippen LogP) is -0.111. The van der Waals surface area contributed by atoms with Gasteiger partial charge in [0.15, 0.2) is 9.68 Å². The molecule has 84 valence electrons. The van der Waals surface area contributed by atoms with E-state index < -0.39 is 11.9 Å². The van der Waals surface area contributed by atoms with E-state index in [-0.39, 0.29) is 11.1 Å². The summed E-state index contributed by atoms with van der Waals surface area (Å²) in [6, 6.07) is 4.37. The summed E-state index contributed by atoms with van der Waals surface area (Å²) in [5.74, 6) is -2.44. The number of carboxylic acid groups (broad SMARTS) is 2. The van der Waals surface area contributed by atoms with E-state index in [9.17, 15) is 9.59 Å². The van der Waals surface area contributed by atoms with Gasteiger partial charge in [-0.1, -0.05) is 6.07 Å². The number of benzene rings is 1. The zero-order valence-electron chi connectivity index (χ0n) is 8.89. The predicted molar refractivity (Wildman–Crippen MR) is 59.4 cm³/mol. The lowest BCUT2D eigenvalue weighted by Crippen LogP contribution is -2.30. The largest absolute Gasteiger partial charge is 0.478 e. The molecule has 0 bridgehead atoms. The fraction of sp³-hybridized carbons (Fsp3) is 0.200. The highest BCUT2D eigenvalue weighted by molar-refractivity contribution is 6.50. The molecule has 0 unspecified atom stereocenters. The highest BCUT2D eigenvalue weighted by Crippen LogP contribution is 2.07. The Morgan fingerprint density at radius 1 is 1.12 bits per heavy atom. The number of hydrogen-bond donors (Lipinski definition) is 2. The minimum atomic E-state index is -1.22. The van der Waals surface area contributed by atoms with Crippen LogP contribution in [0.15, 0.2) is 18.2 Å². The molecule has 0 amide bonds. The monoisotopic (exact) mass is 237 g/mol. The smallest absolute Gasteiger partial charge is 0.336 e. The van der Waals surface area contributed by atoms with E-state index >= 15 is 0 Å². The van der Waals surface area contributed by atoms with Crippen molar-refractivity contribution in [3.05, 3.63) is 29.3 Å². The van der Waals surface area contributed by atoms with Gasteiger partial charge in [0, 0.05) is 0 Å². The maximum atomic E-state index is 10.9. The van der Waals surface area contributed by atoms with Crippen LogP contribution in [0.1, 0.15) is 20.7 Å². The van der Waals surface area contributed by atoms with Crippen molar-refractivity contribution < 1.29 is 19.8 Å². The molecule has 0 spiro atoms. The Labute approximate surface area is 95.2 Å². The van der Waals surface area contributed by atoms with Crippen LogP contribution < -0.4 is 5.19 Å². The van der Waals surface area contributed by atoms with Crippen molar-refractivity contribution in [2.75, 3.05) is 14.1 Å². The zero-order chi connectivity index (χ0) is 12.3. The number of nitrogens with zero attached hydrogens (tertiary/aromatic N) is 1. The third-order valence-electron chi connectivity index (χ3n) is 1.83. The lowest BCUT2D eigenvalue weighted by molar-refractivity contribution is 0.0651. The average Bonchev–Trinajstić information content (AvgIpc) is 2.16. The van der Waals surface area contributed by atoms with Gasteiger partial charge in [-0.15, -0.1) is 0 Å². The van der Waals surface area contributed by atoms with Gasteiger partial charge < -0.3 is 14.8 Å². The molecule has 1 aromatic rings.